The van der Waals surface area contributed by atoms with Gasteiger partial charge in [-0.25, -0.2) is 0 Å². The molecule has 1 saturated heterocycles. The second-order valence-electron chi connectivity index (χ2n) is 7.22. The van der Waals surface area contributed by atoms with Crippen molar-refractivity contribution in [2.45, 2.75) is 32.7 Å². The summed E-state index contributed by atoms with van der Waals surface area (Å²) in [4.78, 5) is 14.7. The van der Waals surface area contributed by atoms with Gasteiger partial charge in [-0.05, 0) is 74.3 Å². The second kappa shape index (κ2) is 9.06. The molecule has 2 aromatic carbocycles. The molecule has 6 heteroatoms. The number of thiocarbonyl (C=S) groups is 1. The van der Waals surface area contributed by atoms with Gasteiger partial charge in [-0.3, -0.25) is 4.79 Å². The molecule has 2 N–H and O–H groups in total. The molecule has 2 aromatic rings. The molecule has 148 valence electrons. The van der Waals surface area contributed by atoms with Crippen LogP contribution in [0.1, 0.15) is 34.3 Å². The maximum atomic E-state index is 12.5. The number of aryl methyl sites for hydroxylation is 2. The van der Waals surface area contributed by atoms with Crippen LogP contribution in [-0.4, -0.2) is 42.2 Å². The first-order valence-corrected chi connectivity index (χ1v) is 9.95. The van der Waals surface area contributed by atoms with Gasteiger partial charge in [-0.1, -0.05) is 18.2 Å². The highest BCUT2D eigenvalue weighted by molar-refractivity contribution is 7.80. The number of hydrogen-bond acceptors (Lipinski definition) is 3. The average Bonchev–Trinajstić information content (AvgIpc) is 2.71. The number of amides is 1. The largest absolute Gasteiger partial charge is 0.497 e. The third kappa shape index (κ3) is 5.01. The lowest BCUT2D eigenvalue weighted by Crippen LogP contribution is -2.47. The molecule has 3 rings (SSSR count). The van der Waals surface area contributed by atoms with E-state index in [1.807, 2.05) is 12.1 Å². The third-order valence-corrected chi connectivity index (χ3v) is 5.44. The predicted molar refractivity (Wildman–Crippen MR) is 117 cm³/mol. The molecular formula is C22H27N3O2S. The number of methoxy groups -OCH3 is 1. The minimum Gasteiger partial charge on any atom is -0.497 e. The van der Waals surface area contributed by atoms with E-state index in [1.54, 1.807) is 19.2 Å². The second-order valence-corrected chi connectivity index (χ2v) is 7.60. The van der Waals surface area contributed by atoms with Gasteiger partial charge in [0.25, 0.3) is 5.91 Å². The fourth-order valence-corrected chi connectivity index (χ4v) is 3.62. The molecule has 1 heterocycles. The Morgan fingerprint density at radius 1 is 1.14 bits per heavy atom. The van der Waals surface area contributed by atoms with Gasteiger partial charge in [0.2, 0.25) is 0 Å². The molecule has 28 heavy (non-hydrogen) atoms. The molecule has 1 fully saturated rings. The summed E-state index contributed by atoms with van der Waals surface area (Å²) in [7, 11) is 1.60. The summed E-state index contributed by atoms with van der Waals surface area (Å²) in [6.07, 6.45) is 1.73. The minimum atomic E-state index is -0.0616. The van der Waals surface area contributed by atoms with Gasteiger partial charge in [0.15, 0.2) is 5.11 Å². The SMILES string of the molecule is COc1cccc(C(=O)NC2CCN(C(=S)Nc3cc(C)ccc3C)CC2)c1. The fraction of sp³-hybridized carbons (Fsp3) is 0.364. The van der Waals surface area contributed by atoms with Gasteiger partial charge < -0.3 is 20.3 Å². The van der Waals surface area contributed by atoms with Crippen LogP contribution < -0.4 is 15.4 Å². The van der Waals surface area contributed by atoms with Crippen molar-refractivity contribution < 1.29 is 9.53 Å². The molecule has 0 atom stereocenters. The number of likely N-dealkylation sites (tertiary alicyclic amines) is 1. The molecule has 0 spiro atoms. The first-order valence-electron chi connectivity index (χ1n) is 9.54. The number of carbonyl (C=O) groups is 1. The zero-order valence-electron chi connectivity index (χ0n) is 16.6. The number of benzene rings is 2. The van der Waals surface area contributed by atoms with E-state index < -0.39 is 0 Å². The molecule has 1 aliphatic rings. The summed E-state index contributed by atoms with van der Waals surface area (Å²) in [6.45, 7) is 5.79. The van der Waals surface area contributed by atoms with E-state index in [-0.39, 0.29) is 11.9 Å². The van der Waals surface area contributed by atoms with Crippen molar-refractivity contribution in [3.8, 4) is 5.75 Å². The summed E-state index contributed by atoms with van der Waals surface area (Å²) in [6, 6.07) is 13.7. The van der Waals surface area contributed by atoms with Gasteiger partial charge in [-0.15, -0.1) is 0 Å². The molecule has 1 aliphatic heterocycles. The molecular weight excluding hydrogens is 370 g/mol. The third-order valence-electron chi connectivity index (χ3n) is 5.08. The van der Waals surface area contributed by atoms with Crippen LogP contribution in [0.15, 0.2) is 42.5 Å². The highest BCUT2D eigenvalue weighted by atomic mass is 32.1. The molecule has 1 amide bonds. The molecule has 0 saturated carbocycles. The van der Waals surface area contributed by atoms with E-state index in [2.05, 4.69) is 47.6 Å². The van der Waals surface area contributed by atoms with Crippen LogP contribution in [0.5, 0.6) is 5.75 Å². The lowest BCUT2D eigenvalue weighted by molar-refractivity contribution is 0.0922. The Hall–Kier alpha value is -2.60. The van der Waals surface area contributed by atoms with E-state index in [4.69, 9.17) is 17.0 Å². The van der Waals surface area contributed by atoms with Crippen molar-refractivity contribution in [3.05, 3.63) is 59.2 Å². The lowest BCUT2D eigenvalue weighted by atomic mass is 10.0. The van der Waals surface area contributed by atoms with E-state index in [9.17, 15) is 4.79 Å². The predicted octanol–water partition coefficient (Wildman–Crippen LogP) is 3.90. The number of nitrogens with zero attached hydrogens (tertiary/aromatic N) is 1. The summed E-state index contributed by atoms with van der Waals surface area (Å²) in [5.74, 6) is 0.624. The molecule has 0 aliphatic carbocycles. The Bertz CT molecular complexity index is 861. The molecule has 0 bridgehead atoms. The fourth-order valence-electron chi connectivity index (χ4n) is 3.32. The Morgan fingerprint density at radius 2 is 1.89 bits per heavy atom. The van der Waals surface area contributed by atoms with Crippen molar-refractivity contribution >= 4 is 28.9 Å². The van der Waals surface area contributed by atoms with Crippen molar-refractivity contribution in [2.24, 2.45) is 0 Å². The highest BCUT2D eigenvalue weighted by Crippen LogP contribution is 2.19. The number of nitrogens with one attached hydrogen (secondary N) is 2. The van der Waals surface area contributed by atoms with Crippen LogP contribution in [0.25, 0.3) is 0 Å². The minimum absolute atomic E-state index is 0.0616. The van der Waals surface area contributed by atoms with Gasteiger partial charge in [-0.2, -0.15) is 0 Å². The summed E-state index contributed by atoms with van der Waals surface area (Å²) >= 11 is 5.60. The van der Waals surface area contributed by atoms with Gasteiger partial charge in [0.1, 0.15) is 5.75 Å². The topological polar surface area (TPSA) is 53.6 Å². The van der Waals surface area contributed by atoms with E-state index in [0.717, 1.165) is 36.7 Å². The zero-order chi connectivity index (χ0) is 20.1. The maximum Gasteiger partial charge on any atom is 0.251 e. The quantitative estimate of drug-likeness (QED) is 0.767. The van der Waals surface area contributed by atoms with Crippen molar-refractivity contribution in [1.29, 1.82) is 0 Å². The summed E-state index contributed by atoms with van der Waals surface area (Å²) in [5, 5.41) is 7.24. The number of anilines is 1. The van der Waals surface area contributed by atoms with Crippen LogP contribution in [0.3, 0.4) is 0 Å². The zero-order valence-corrected chi connectivity index (χ0v) is 17.4. The van der Waals surface area contributed by atoms with Crippen LogP contribution in [0, 0.1) is 13.8 Å². The Morgan fingerprint density at radius 3 is 2.61 bits per heavy atom. The van der Waals surface area contributed by atoms with Crippen molar-refractivity contribution in [3.63, 3.8) is 0 Å². The maximum absolute atomic E-state index is 12.5. The van der Waals surface area contributed by atoms with E-state index in [1.165, 1.54) is 11.1 Å². The lowest BCUT2D eigenvalue weighted by Gasteiger charge is -2.34. The van der Waals surface area contributed by atoms with Crippen LogP contribution in [0.4, 0.5) is 5.69 Å². The molecule has 0 unspecified atom stereocenters. The van der Waals surface area contributed by atoms with Crippen LogP contribution in [-0.2, 0) is 0 Å². The van der Waals surface area contributed by atoms with Crippen molar-refractivity contribution in [2.75, 3.05) is 25.5 Å². The Balaban J connectivity index is 1.51. The van der Waals surface area contributed by atoms with E-state index in [0.29, 0.717) is 11.3 Å². The number of rotatable bonds is 4. The van der Waals surface area contributed by atoms with Gasteiger partial charge in [0.05, 0.1) is 7.11 Å². The molecule has 5 nitrogen and oxygen atoms in total. The number of carbonyl (C=O) groups excluding carboxylic acids is 1. The van der Waals surface area contributed by atoms with Crippen LogP contribution >= 0.6 is 12.2 Å². The standard InChI is InChI=1S/C22H27N3O2S/c1-15-7-8-16(2)20(13-15)24-22(28)25-11-9-18(10-12-25)23-21(26)17-5-4-6-19(14-17)27-3/h4-8,13-14,18H,9-12H2,1-3H3,(H,23,26)(H,24,28). The average molecular weight is 398 g/mol. The molecule has 0 radical (unpaired) electrons. The molecule has 0 aromatic heterocycles. The van der Waals surface area contributed by atoms with Crippen molar-refractivity contribution in [1.82, 2.24) is 10.2 Å². The Labute approximate surface area is 172 Å². The number of hydrogen-bond donors (Lipinski definition) is 2. The monoisotopic (exact) mass is 397 g/mol. The van der Waals surface area contributed by atoms with Crippen LogP contribution in [0.2, 0.25) is 0 Å². The summed E-state index contributed by atoms with van der Waals surface area (Å²) < 4.78 is 5.19. The highest BCUT2D eigenvalue weighted by Gasteiger charge is 2.23. The summed E-state index contributed by atoms with van der Waals surface area (Å²) in [5.41, 5.74) is 4.05. The van der Waals surface area contributed by atoms with Gasteiger partial charge >= 0.3 is 0 Å². The normalized spacial score (nSPS) is 14.5. The smallest absolute Gasteiger partial charge is 0.251 e. The van der Waals surface area contributed by atoms with Gasteiger partial charge in [0, 0.05) is 30.4 Å². The van der Waals surface area contributed by atoms with E-state index >= 15 is 0 Å². The number of ether oxygens (including phenoxy) is 1. The Kier molecular flexibility index (Phi) is 6.52. The number of piperidine rings is 1. The first-order chi connectivity index (χ1) is 13.5. The first kappa shape index (κ1) is 20.1.